The van der Waals surface area contributed by atoms with Gasteiger partial charge in [0.15, 0.2) is 0 Å². The molecule has 0 amide bonds. The summed E-state index contributed by atoms with van der Waals surface area (Å²) in [4.78, 5) is 0. The molecule has 0 aromatic heterocycles. The number of aliphatic hydroxyl groups excluding tert-OH is 1. The maximum absolute atomic E-state index is 9.37. The monoisotopic (exact) mass is 176 g/mol. The van der Waals surface area contributed by atoms with Crippen LogP contribution in [0.25, 0.3) is 0 Å². The van der Waals surface area contributed by atoms with E-state index in [9.17, 15) is 5.11 Å². The molecule has 0 aliphatic carbocycles. The molecule has 0 heterocycles. The Labute approximate surface area is 74.7 Å². The van der Waals surface area contributed by atoms with Crippen molar-refractivity contribution in [3.05, 3.63) is 0 Å². The van der Waals surface area contributed by atoms with Crippen LogP contribution in [0.4, 0.5) is 0 Å². The van der Waals surface area contributed by atoms with Crippen LogP contribution in [0.15, 0.2) is 0 Å². The Morgan fingerprint density at radius 1 is 1.42 bits per heavy atom. The first-order valence-corrected chi connectivity index (χ1v) is 4.49. The molecule has 3 nitrogen and oxygen atoms in total. The molecule has 2 unspecified atom stereocenters. The van der Waals surface area contributed by atoms with Crippen LogP contribution in [0.5, 0.6) is 0 Å². The molecule has 0 aliphatic heterocycles. The summed E-state index contributed by atoms with van der Waals surface area (Å²) in [5.41, 5.74) is 0. The van der Waals surface area contributed by atoms with Crippen molar-refractivity contribution < 1.29 is 14.6 Å². The van der Waals surface area contributed by atoms with Crippen molar-refractivity contribution in [1.82, 2.24) is 0 Å². The normalized spacial score (nSPS) is 16.0. The van der Waals surface area contributed by atoms with Gasteiger partial charge in [-0.25, -0.2) is 0 Å². The second-order valence-electron chi connectivity index (χ2n) is 3.01. The third-order valence-electron chi connectivity index (χ3n) is 1.67. The topological polar surface area (TPSA) is 38.7 Å². The number of hydrogen-bond donors (Lipinski definition) is 1. The van der Waals surface area contributed by atoms with Gasteiger partial charge < -0.3 is 14.6 Å². The molecule has 0 saturated carbocycles. The van der Waals surface area contributed by atoms with E-state index in [1.807, 2.05) is 13.8 Å². The van der Waals surface area contributed by atoms with E-state index in [0.29, 0.717) is 13.0 Å². The molecule has 0 rings (SSSR count). The number of hydrogen-bond acceptors (Lipinski definition) is 3. The van der Waals surface area contributed by atoms with Crippen LogP contribution >= 0.6 is 0 Å². The van der Waals surface area contributed by atoms with Gasteiger partial charge in [-0.15, -0.1) is 0 Å². The van der Waals surface area contributed by atoms with Crippen molar-refractivity contribution in [3.63, 3.8) is 0 Å². The second-order valence-corrected chi connectivity index (χ2v) is 3.01. The molecule has 0 radical (unpaired) electrons. The van der Waals surface area contributed by atoms with Crippen LogP contribution in [-0.4, -0.2) is 37.6 Å². The highest BCUT2D eigenvalue weighted by molar-refractivity contribution is 4.59. The highest BCUT2D eigenvalue weighted by Crippen LogP contribution is 2.01. The van der Waals surface area contributed by atoms with Crippen molar-refractivity contribution in [2.75, 3.05) is 20.3 Å². The van der Waals surface area contributed by atoms with Gasteiger partial charge in [0, 0.05) is 20.1 Å². The van der Waals surface area contributed by atoms with Gasteiger partial charge in [-0.05, 0) is 13.3 Å². The van der Waals surface area contributed by atoms with Gasteiger partial charge in [-0.3, -0.25) is 0 Å². The molecule has 0 spiro atoms. The van der Waals surface area contributed by atoms with Crippen molar-refractivity contribution in [2.24, 2.45) is 0 Å². The van der Waals surface area contributed by atoms with Gasteiger partial charge >= 0.3 is 0 Å². The Bertz CT molecular complexity index is 95.8. The molecular weight excluding hydrogens is 156 g/mol. The van der Waals surface area contributed by atoms with E-state index < -0.39 is 6.10 Å². The highest BCUT2D eigenvalue weighted by atomic mass is 16.5. The molecule has 0 aromatic carbocycles. The third kappa shape index (κ3) is 6.58. The first-order chi connectivity index (χ1) is 5.70. The first-order valence-electron chi connectivity index (χ1n) is 4.49. The van der Waals surface area contributed by atoms with Crippen molar-refractivity contribution in [3.8, 4) is 0 Å². The molecule has 0 bridgehead atoms. The van der Waals surface area contributed by atoms with Crippen molar-refractivity contribution >= 4 is 0 Å². The maximum atomic E-state index is 9.37. The summed E-state index contributed by atoms with van der Waals surface area (Å²) in [5, 5.41) is 9.37. The SMILES string of the molecule is CCCOCC(O)CC(C)OC. The predicted molar refractivity (Wildman–Crippen MR) is 48.2 cm³/mol. The Kier molecular flexibility index (Phi) is 7.45. The van der Waals surface area contributed by atoms with Crippen LogP contribution in [0.1, 0.15) is 26.7 Å². The average Bonchev–Trinajstić information content (AvgIpc) is 2.05. The number of aliphatic hydroxyl groups is 1. The van der Waals surface area contributed by atoms with Gasteiger partial charge in [0.25, 0.3) is 0 Å². The minimum absolute atomic E-state index is 0.102. The van der Waals surface area contributed by atoms with E-state index in [-0.39, 0.29) is 6.10 Å². The summed E-state index contributed by atoms with van der Waals surface area (Å²) in [7, 11) is 1.64. The quantitative estimate of drug-likeness (QED) is 0.592. The molecule has 0 saturated heterocycles. The van der Waals surface area contributed by atoms with Gasteiger partial charge in [0.1, 0.15) is 0 Å². The molecule has 0 aliphatic rings. The van der Waals surface area contributed by atoms with E-state index in [2.05, 4.69) is 0 Å². The average molecular weight is 176 g/mol. The summed E-state index contributed by atoms with van der Waals surface area (Å²) < 4.78 is 10.2. The summed E-state index contributed by atoms with van der Waals surface area (Å²) in [6.07, 6.45) is 1.34. The zero-order valence-electron chi connectivity index (χ0n) is 8.25. The predicted octanol–water partition coefficient (Wildman–Crippen LogP) is 1.20. The molecular formula is C9H20O3. The standard InChI is InChI=1S/C9H20O3/c1-4-5-12-7-9(10)6-8(2)11-3/h8-10H,4-7H2,1-3H3. The minimum Gasteiger partial charge on any atom is -0.391 e. The summed E-state index contributed by atoms with van der Waals surface area (Å²) >= 11 is 0. The Morgan fingerprint density at radius 2 is 2.08 bits per heavy atom. The molecule has 2 atom stereocenters. The zero-order chi connectivity index (χ0) is 9.40. The molecule has 1 N–H and O–H groups in total. The molecule has 74 valence electrons. The smallest absolute Gasteiger partial charge is 0.0798 e. The Hall–Kier alpha value is -0.120. The van der Waals surface area contributed by atoms with E-state index in [0.717, 1.165) is 13.0 Å². The molecule has 0 aromatic rings. The van der Waals surface area contributed by atoms with E-state index in [1.165, 1.54) is 0 Å². The zero-order valence-corrected chi connectivity index (χ0v) is 8.25. The van der Waals surface area contributed by atoms with Gasteiger partial charge in [-0.2, -0.15) is 0 Å². The number of rotatable bonds is 7. The minimum atomic E-state index is -0.397. The summed E-state index contributed by atoms with van der Waals surface area (Å²) in [6, 6.07) is 0. The fourth-order valence-electron chi connectivity index (χ4n) is 0.911. The van der Waals surface area contributed by atoms with E-state index >= 15 is 0 Å². The third-order valence-corrected chi connectivity index (χ3v) is 1.67. The lowest BCUT2D eigenvalue weighted by molar-refractivity contribution is 0.000300. The Morgan fingerprint density at radius 3 is 2.58 bits per heavy atom. The summed E-state index contributed by atoms with van der Waals surface area (Å²) in [5.74, 6) is 0. The van der Waals surface area contributed by atoms with E-state index in [1.54, 1.807) is 7.11 Å². The molecule has 12 heavy (non-hydrogen) atoms. The first kappa shape index (κ1) is 11.9. The van der Waals surface area contributed by atoms with Crippen LogP contribution < -0.4 is 0 Å². The van der Waals surface area contributed by atoms with Crippen molar-refractivity contribution in [2.45, 2.75) is 38.9 Å². The van der Waals surface area contributed by atoms with Crippen LogP contribution in [-0.2, 0) is 9.47 Å². The largest absolute Gasteiger partial charge is 0.391 e. The lowest BCUT2D eigenvalue weighted by atomic mass is 10.2. The van der Waals surface area contributed by atoms with Crippen LogP contribution in [0, 0.1) is 0 Å². The van der Waals surface area contributed by atoms with Crippen molar-refractivity contribution in [1.29, 1.82) is 0 Å². The second kappa shape index (κ2) is 7.53. The maximum Gasteiger partial charge on any atom is 0.0798 e. The fourth-order valence-corrected chi connectivity index (χ4v) is 0.911. The molecule has 3 heteroatoms. The van der Waals surface area contributed by atoms with Gasteiger partial charge in [0.2, 0.25) is 0 Å². The summed E-state index contributed by atoms with van der Waals surface area (Å²) in [6.45, 7) is 5.12. The Balaban J connectivity index is 3.26. The van der Waals surface area contributed by atoms with Crippen LogP contribution in [0.3, 0.4) is 0 Å². The number of methoxy groups -OCH3 is 1. The van der Waals surface area contributed by atoms with E-state index in [4.69, 9.17) is 9.47 Å². The highest BCUT2D eigenvalue weighted by Gasteiger charge is 2.08. The lowest BCUT2D eigenvalue weighted by Gasteiger charge is -2.14. The lowest BCUT2D eigenvalue weighted by Crippen LogP contribution is -2.22. The van der Waals surface area contributed by atoms with Crippen LogP contribution in [0.2, 0.25) is 0 Å². The molecule has 0 fully saturated rings. The fraction of sp³-hybridized carbons (Fsp3) is 1.00. The van der Waals surface area contributed by atoms with Gasteiger partial charge in [-0.1, -0.05) is 6.92 Å². The van der Waals surface area contributed by atoms with Gasteiger partial charge in [0.05, 0.1) is 18.8 Å². The number of ether oxygens (including phenoxy) is 2.